The van der Waals surface area contributed by atoms with E-state index in [1.54, 1.807) is 24.3 Å². The molecular weight excluding hydrogens is 260 g/mol. The van der Waals surface area contributed by atoms with Crippen LogP contribution in [-0.4, -0.2) is 34.7 Å². The van der Waals surface area contributed by atoms with Gasteiger partial charge in [-0.1, -0.05) is 0 Å². The summed E-state index contributed by atoms with van der Waals surface area (Å²) in [5, 5.41) is 14.5. The SMILES string of the molecule is CC(C)(C)/[N+]([O-])=C\c1ccc(C(=O)NCCS)cc1. The lowest BCUT2D eigenvalue weighted by molar-refractivity contribution is -0.530. The molecule has 0 bridgehead atoms. The van der Waals surface area contributed by atoms with Crippen molar-refractivity contribution in [2.75, 3.05) is 12.3 Å². The van der Waals surface area contributed by atoms with Gasteiger partial charge in [0, 0.05) is 44.2 Å². The zero-order valence-corrected chi connectivity index (χ0v) is 12.4. The molecule has 0 aliphatic rings. The molecule has 0 unspecified atom stereocenters. The summed E-state index contributed by atoms with van der Waals surface area (Å²) in [5.41, 5.74) is 0.880. The number of nitrogens with one attached hydrogen (secondary N) is 1. The second-order valence-electron chi connectivity index (χ2n) is 5.23. The number of hydrogen-bond acceptors (Lipinski definition) is 3. The van der Waals surface area contributed by atoms with E-state index in [0.29, 0.717) is 17.9 Å². The minimum Gasteiger partial charge on any atom is -0.623 e. The van der Waals surface area contributed by atoms with Crippen LogP contribution >= 0.6 is 12.6 Å². The number of thiol groups is 1. The Balaban J connectivity index is 2.80. The first kappa shape index (κ1) is 15.6. The van der Waals surface area contributed by atoms with Gasteiger partial charge in [-0.3, -0.25) is 4.79 Å². The number of amides is 1. The normalized spacial score (nSPS) is 12.3. The third kappa shape index (κ3) is 4.95. The minimum absolute atomic E-state index is 0.129. The summed E-state index contributed by atoms with van der Waals surface area (Å²) in [6.07, 6.45) is 1.52. The molecule has 0 saturated heterocycles. The lowest BCUT2D eigenvalue weighted by Crippen LogP contribution is -2.29. The second kappa shape index (κ2) is 6.61. The van der Waals surface area contributed by atoms with Crippen molar-refractivity contribution in [1.82, 2.24) is 5.32 Å². The van der Waals surface area contributed by atoms with Crippen LogP contribution < -0.4 is 5.32 Å². The van der Waals surface area contributed by atoms with Crippen LogP contribution in [0.25, 0.3) is 0 Å². The highest BCUT2D eigenvalue weighted by molar-refractivity contribution is 7.80. The van der Waals surface area contributed by atoms with Crippen molar-refractivity contribution in [3.63, 3.8) is 0 Å². The summed E-state index contributed by atoms with van der Waals surface area (Å²) in [7, 11) is 0. The molecule has 5 heteroatoms. The predicted molar refractivity (Wildman–Crippen MR) is 81.2 cm³/mol. The summed E-state index contributed by atoms with van der Waals surface area (Å²) in [6.45, 7) is 6.06. The van der Waals surface area contributed by atoms with Crippen molar-refractivity contribution >= 4 is 24.8 Å². The highest BCUT2D eigenvalue weighted by atomic mass is 32.1. The predicted octanol–water partition coefficient (Wildman–Crippen LogP) is 2.07. The van der Waals surface area contributed by atoms with Gasteiger partial charge in [-0.05, 0) is 24.3 Å². The van der Waals surface area contributed by atoms with Crippen LogP contribution in [0.15, 0.2) is 24.3 Å². The number of rotatable bonds is 4. The molecule has 4 nitrogen and oxygen atoms in total. The quantitative estimate of drug-likeness (QED) is 0.292. The fourth-order valence-electron chi connectivity index (χ4n) is 1.32. The minimum atomic E-state index is -0.470. The molecule has 104 valence electrons. The topological polar surface area (TPSA) is 55.2 Å². The fraction of sp³-hybridized carbons (Fsp3) is 0.429. The standard InChI is InChI=1S/C14H20N2O2S/c1-14(2,3)16(18)10-11-4-6-12(7-5-11)13(17)15-8-9-19/h4-7,10,19H,8-9H2,1-3H3,(H,15,17)/b16-10+. The summed E-state index contributed by atoms with van der Waals surface area (Å²) in [5.74, 6) is 0.476. The van der Waals surface area contributed by atoms with Crippen molar-refractivity contribution in [2.24, 2.45) is 0 Å². The van der Waals surface area contributed by atoms with E-state index < -0.39 is 5.54 Å². The monoisotopic (exact) mass is 280 g/mol. The largest absolute Gasteiger partial charge is 0.623 e. The Kier molecular flexibility index (Phi) is 5.42. The van der Waals surface area contributed by atoms with E-state index >= 15 is 0 Å². The third-order valence-corrected chi connectivity index (χ3v) is 2.72. The molecule has 0 fully saturated rings. The Morgan fingerprint density at radius 3 is 2.42 bits per heavy atom. The highest BCUT2D eigenvalue weighted by Gasteiger charge is 2.18. The lowest BCUT2D eigenvalue weighted by Gasteiger charge is -2.18. The summed E-state index contributed by atoms with van der Waals surface area (Å²) in [4.78, 5) is 11.7. The molecule has 1 aromatic carbocycles. The maximum atomic E-state index is 11.8. The molecule has 0 atom stereocenters. The van der Waals surface area contributed by atoms with Gasteiger partial charge in [0.1, 0.15) is 0 Å². The van der Waals surface area contributed by atoms with Gasteiger partial charge >= 0.3 is 0 Å². The van der Waals surface area contributed by atoms with E-state index in [1.165, 1.54) is 6.21 Å². The smallest absolute Gasteiger partial charge is 0.251 e. The molecule has 0 aromatic heterocycles. The summed E-state index contributed by atoms with van der Waals surface area (Å²) in [6, 6.07) is 6.92. The van der Waals surface area contributed by atoms with Gasteiger partial charge in [-0.2, -0.15) is 12.6 Å². The van der Waals surface area contributed by atoms with Crippen LogP contribution in [0.5, 0.6) is 0 Å². The Hall–Kier alpha value is -1.49. The van der Waals surface area contributed by atoms with Crippen LogP contribution in [0.3, 0.4) is 0 Å². The molecule has 1 amide bonds. The zero-order chi connectivity index (χ0) is 14.5. The van der Waals surface area contributed by atoms with Gasteiger partial charge in [0.2, 0.25) is 0 Å². The van der Waals surface area contributed by atoms with Crippen LogP contribution in [0.1, 0.15) is 36.7 Å². The van der Waals surface area contributed by atoms with Gasteiger partial charge in [0.05, 0.1) is 0 Å². The Bertz CT molecular complexity index is 461. The van der Waals surface area contributed by atoms with Crippen LogP contribution in [0, 0.1) is 5.21 Å². The molecule has 0 radical (unpaired) electrons. The average Bonchev–Trinajstić information content (AvgIpc) is 2.35. The molecule has 0 saturated carbocycles. The highest BCUT2D eigenvalue weighted by Crippen LogP contribution is 2.07. The first-order chi connectivity index (χ1) is 8.84. The van der Waals surface area contributed by atoms with Gasteiger partial charge in [-0.25, -0.2) is 4.74 Å². The number of hydroxylamine groups is 1. The molecule has 1 aromatic rings. The maximum absolute atomic E-state index is 11.8. The van der Waals surface area contributed by atoms with Gasteiger partial charge < -0.3 is 10.5 Å². The molecule has 0 aliphatic carbocycles. The molecule has 1 N–H and O–H groups in total. The van der Waals surface area contributed by atoms with Crippen LogP contribution in [0.4, 0.5) is 0 Å². The van der Waals surface area contributed by atoms with E-state index in [-0.39, 0.29) is 5.91 Å². The molecule has 0 spiro atoms. The number of nitrogens with zero attached hydrogens (tertiary/aromatic N) is 1. The van der Waals surface area contributed by atoms with Crippen molar-refractivity contribution < 1.29 is 9.53 Å². The molecular formula is C14H20N2O2S. The van der Waals surface area contributed by atoms with Gasteiger partial charge in [0.15, 0.2) is 11.8 Å². The zero-order valence-electron chi connectivity index (χ0n) is 11.5. The Labute approximate surface area is 119 Å². The lowest BCUT2D eigenvalue weighted by atomic mass is 10.1. The summed E-state index contributed by atoms with van der Waals surface area (Å²) < 4.78 is 0.906. The number of benzene rings is 1. The van der Waals surface area contributed by atoms with Crippen LogP contribution in [0.2, 0.25) is 0 Å². The van der Waals surface area contributed by atoms with Crippen molar-refractivity contribution in [3.8, 4) is 0 Å². The van der Waals surface area contributed by atoms with E-state index in [4.69, 9.17) is 0 Å². The van der Waals surface area contributed by atoms with Gasteiger partial charge in [0.25, 0.3) is 5.91 Å². The van der Waals surface area contributed by atoms with Crippen LogP contribution in [-0.2, 0) is 0 Å². The second-order valence-corrected chi connectivity index (χ2v) is 5.67. The van der Waals surface area contributed by atoms with E-state index in [0.717, 1.165) is 10.3 Å². The number of hydrogen-bond donors (Lipinski definition) is 2. The van der Waals surface area contributed by atoms with Gasteiger partial charge in [-0.15, -0.1) is 0 Å². The van der Waals surface area contributed by atoms with Crippen molar-refractivity contribution in [2.45, 2.75) is 26.3 Å². The first-order valence-electron chi connectivity index (χ1n) is 6.15. The third-order valence-electron chi connectivity index (χ3n) is 2.50. The molecule has 1 rings (SSSR count). The maximum Gasteiger partial charge on any atom is 0.251 e. The van der Waals surface area contributed by atoms with E-state index in [9.17, 15) is 10.0 Å². The average molecular weight is 280 g/mol. The Morgan fingerprint density at radius 2 is 1.95 bits per heavy atom. The van der Waals surface area contributed by atoms with E-state index in [2.05, 4.69) is 17.9 Å². The fourth-order valence-corrected chi connectivity index (χ4v) is 1.43. The number of carbonyl (C=O) groups excluding carboxylic acids is 1. The van der Waals surface area contributed by atoms with Crippen molar-refractivity contribution in [1.29, 1.82) is 0 Å². The number of carbonyl (C=O) groups is 1. The van der Waals surface area contributed by atoms with Crippen molar-refractivity contribution in [3.05, 3.63) is 40.6 Å². The summed E-state index contributed by atoms with van der Waals surface area (Å²) >= 11 is 4.03. The molecule has 0 aliphatic heterocycles. The Morgan fingerprint density at radius 1 is 1.37 bits per heavy atom. The van der Waals surface area contributed by atoms with E-state index in [1.807, 2.05) is 20.8 Å². The molecule has 19 heavy (non-hydrogen) atoms. The first-order valence-corrected chi connectivity index (χ1v) is 6.78. The molecule has 0 heterocycles.